The van der Waals surface area contributed by atoms with Crippen LogP contribution in [0, 0.1) is 12.8 Å². The van der Waals surface area contributed by atoms with E-state index in [0.717, 1.165) is 17.7 Å². The maximum absolute atomic E-state index is 12.5. The molecule has 0 bridgehead atoms. The molecule has 20 heavy (non-hydrogen) atoms. The fourth-order valence-corrected chi connectivity index (χ4v) is 5.22. The minimum Gasteiger partial charge on any atom is -0.377 e. The normalized spacial score (nSPS) is 18.2. The molecule has 1 aliphatic heterocycles. The summed E-state index contributed by atoms with van der Waals surface area (Å²) in [5, 5.41) is 0. The number of aryl methyl sites for hydroxylation is 1. The zero-order valence-electron chi connectivity index (χ0n) is 11.7. The zero-order valence-corrected chi connectivity index (χ0v) is 13.4. The Morgan fingerprint density at radius 3 is 2.70 bits per heavy atom. The van der Waals surface area contributed by atoms with Gasteiger partial charge in [0, 0.05) is 24.6 Å². The number of rotatable bonds is 6. The van der Waals surface area contributed by atoms with Crippen molar-refractivity contribution < 1.29 is 13.2 Å². The van der Waals surface area contributed by atoms with Crippen molar-refractivity contribution in [2.45, 2.75) is 24.0 Å². The average molecular weight is 315 g/mol. The van der Waals surface area contributed by atoms with Gasteiger partial charge in [0.2, 0.25) is 0 Å². The molecule has 1 fully saturated rings. The van der Waals surface area contributed by atoms with Crippen LogP contribution in [0.4, 0.5) is 0 Å². The Morgan fingerprint density at radius 1 is 1.45 bits per heavy atom. The molecule has 0 atom stereocenters. The summed E-state index contributed by atoms with van der Waals surface area (Å²) in [6.07, 6.45) is 3.46. The van der Waals surface area contributed by atoms with Gasteiger partial charge in [0.1, 0.15) is 4.21 Å². The fraction of sp³-hybridized carbons (Fsp3) is 0.571. The van der Waals surface area contributed by atoms with Gasteiger partial charge in [-0.25, -0.2) is 8.42 Å². The van der Waals surface area contributed by atoms with Crippen LogP contribution in [-0.4, -0.2) is 39.0 Å². The summed E-state index contributed by atoms with van der Waals surface area (Å²) in [7, 11) is -3.29. The molecule has 1 saturated heterocycles. The lowest BCUT2D eigenvalue weighted by molar-refractivity contribution is 0.0983. The summed E-state index contributed by atoms with van der Waals surface area (Å²) >= 11 is 1.34. The highest BCUT2D eigenvalue weighted by molar-refractivity contribution is 7.91. The second kappa shape index (κ2) is 6.85. The van der Waals surface area contributed by atoms with E-state index in [0.29, 0.717) is 36.4 Å². The van der Waals surface area contributed by atoms with Crippen LogP contribution in [0.15, 0.2) is 29.0 Å². The van der Waals surface area contributed by atoms with Gasteiger partial charge in [0.15, 0.2) is 0 Å². The Balaban J connectivity index is 1.91. The smallest absolute Gasteiger partial charge is 0.252 e. The van der Waals surface area contributed by atoms with Crippen molar-refractivity contribution in [1.29, 1.82) is 0 Å². The average Bonchev–Trinajstić information content (AvgIpc) is 2.87. The molecule has 2 rings (SSSR count). The van der Waals surface area contributed by atoms with Crippen LogP contribution in [0.25, 0.3) is 0 Å². The number of hydrogen-bond acceptors (Lipinski definition) is 4. The van der Waals surface area contributed by atoms with Gasteiger partial charge in [-0.1, -0.05) is 6.08 Å². The van der Waals surface area contributed by atoms with Gasteiger partial charge in [0.25, 0.3) is 10.0 Å². The van der Waals surface area contributed by atoms with E-state index in [-0.39, 0.29) is 0 Å². The number of piperidine rings is 1. The number of hydrogen-bond donors (Lipinski definition) is 0. The topological polar surface area (TPSA) is 46.6 Å². The Labute approximate surface area is 125 Å². The van der Waals surface area contributed by atoms with E-state index in [1.54, 1.807) is 16.4 Å². The molecule has 112 valence electrons. The minimum atomic E-state index is -3.29. The molecule has 0 saturated carbocycles. The van der Waals surface area contributed by atoms with Gasteiger partial charge >= 0.3 is 0 Å². The predicted molar refractivity (Wildman–Crippen MR) is 81.6 cm³/mol. The van der Waals surface area contributed by atoms with Crippen molar-refractivity contribution in [2.75, 3.05) is 26.3 Å². The van der Waals surface area contributed by atoms with E-state index in [1.807, 2.05) is 13.0 Å². The first-order valence-corrected chi connectivity index (χ1v) is 9.05. The SMILES string of the molecule is C=CCOCC1CCN(S(=O)(=O)c2ccc(C)s2)CC1. The molecule has 2 heterocycles. The van der Waals surface area contributed by atoms with Crippen molar-refractivity contribution >= 4 is 21.4 Å². The maximum Gasteiger partial charge on any atom is 0.252 e. The van der Waals surface area contributed by atoms with E-state index in [1.165, 1.54) is 11.3 Å². The van der Waals surface area contributed by atoms with Crippen LogP contribution in [0.1, 0.15) is 17.7 Å². The maximum atomic E-state index is 12.5. The van der Waals surface area contributed by atoms with Crippen LogP contribution >= 0.6 is 11.3 Å². The molecular weight excluding hydrogens is 294 g/mol. The van der Waals surface area contributed by atoms with Gasteiger partial charge in [-0.15, -0.1) is 17.9 Å². The standard InChI is InChI=1S/C14H21NO3S2/c1-3-10-18-11-13-6-8-15(9-7-13)20(16,17)14-5-4-12(2)19-14/h3-5,13H,1,6-11H2,2H3. The van der Waals surface area contributed by atoms with Gasteiger partial charge in [0.05, 0.1) is 6.61 Å². The fourth-order valence-electron chi connectivity index (χ4n) is 2.31. The highest BCUT2D eigenvalue weighted by Crippen LogP contribution is 2.28. The first-order chi connectivity index (χ1) is 9.54. The Hall–Kier alpha value is -0.690. The molecule has 6 heteroatoms. The summed E-state index contributed by atoms with van der Waals surface area (Å²) in [5.41, 5.74) is 0. The van der Waals surface area contributed by atoms with Crippen LogP contribution < -0.4 is 0 Å². The Morgan fingerprint density at radius 2 is 2.15 bits per heavy atom. The van der Waals surface area contributed by atoms with E-state index in [9.17, 15) is 8.42 Å². The van der Waals surface area contributed by atoms with Crippen LogP contribution in [0.2, 0.25) is 0 Å². The first kappa shape index (κ1) is 15.7. The first-order valence-electron chi connectivity index (χ1n) is 6.79. The molecule has 0 amide bonds. The summed E-state index contributed by atoms with van der Waals surface area (Å²) in [6, 6.07) is 3.56. The Kier molecular flexibility index (Phi) is 5.37. The highest BCUT2D eigenvalue weighted by Gasteiger charge is 2.30. The number of nitrogens with zero attached hydrogens (tertiary/aromatic N) is 1. The molecular formula is C14H21NO3S2. The van der Waals surface area contributed by atoms with Gasteiger partial charge in [-0.05, 0) is 37.8 Å². The number of ether oxygens (including phenoxy) is 1. The highest BCUT2D eigenvalue weighted by atomic mass is 32.2. The van der Waals surface area contributed by atoms with Crippen LogP contribution in [0.5, 0.6) is 0 Å². The third-order valence-electron chi connectivity index (χ3n) is 3.47. The van der Waals surface area contributed by atoms with Gasteiger partial charge < -0.3 is 4.74 Å². The van der Waals surface area contributed by atoms with E-state index < -0.39 is 10.0 Å². The number of sulfonamides is 1. The van der Waals surface area contributed by atoms with Crippen LogP contribution in [0.3, 0.4) is 0 Å². The molecule has 1 aromatic heterocycles. The molecule has 0 N–H and O–H groups in total. The molecule has 1 aromatic rings. The molecule has 0 aliphatic carbocycles. The molecule has 0 aromatic carbocycles. The van der Waals surface area contributed by atoms with E-state index in [2.05, 4.69) is 6.58 Å². The number of thiophene rings is 1. The molecule has 0 unspecified atom stereocenters. The molecule has 0 spiro atoms. The van der Waals surface area contributed by atoms with Crippen molar-refractivity contribution in [3.05, 3.63) is 29.7 Å². The van der Waals surface area contributed by atoms with Crippen LogP contribution in [-0.2, 0) is 14.8 Å². The molecule has 1 aliphatic rings. The lowest BCUT2D eigenvalue weighted by atomic mass is 9.99. The lowest BCUT2D eigenvalue weighted by Crippen LogP contribution is -2.39. The minimum absolute atomic E-state index is 0.450. The van der Waals surface area contributed by atoms with E-state index >= 15 is 0 Å². The second-order valence-corrected chi connectivity index (χ2v) is 8.49. The van der Waals surface area contributed by atoms with Gasteiger partial charge in [-0.2, -0.15) is 4.31 Å². The van der Waals surface area contributed by atoms with Crippen molar-refractivity contribution in [1.82, 2.24) is 4.31 Å². The van der Waals surface area contributed by atoms with Gasteiger partial charge in [-0.3, -0.25) is 0 Å². The lowest BCUT2D eigenvalue weighted by Gasteiger charge is -2.30. The quantitative estimate of drug-likeness (QED) is 0.599. The summed E-state index contributed by atoms with van der Waals surface area (Å²) in [4.78, 5) is 1.02. The third kappa shape index (κ3) is 3.69. The second-order valence-electron chi connectivity index (χ2n) is 5.04. The van der Waals surface area contributed by atoms with Crippen molar-refractivity contribution in [2.24, 2.45) is 5.92 Å². The predicted octanol–water partition coefficient (Wildman–Crippen LogP) is 2.66. The summed E-state index contributed by atoms with van der Waals surface area (Å²) in [5.74, 6) is 0.450. The zero-order chi connectivity index (χ0) is 14.6. The Bertz CT molecular complexity index is 543. The molecule has 0 radical (unpaired) electrons. The van der Waals surface area contributed by atoms with Crippen molar-refractivity contribution in [3.8, 4) is 0 Å². The molecule has 4 nitrogen and oxygen atoms in total. The summed E-state index contributed by atoms with van der Waals surface area (Å²) < 4.78 is 32.4. The van der Waals surface area contributed by atoms with E-state index in [4.69, 9.17) is 4.74 Å². The largest absolute Gasteiger partial charge is 0.377 e. The third-order valence-corrected chi connectivity index (χ3v) is 6.84. The van der Waals surface area contributed by atoms with Crippen molar-refractivity contribution in [3.63, 3.8) is 0 Å². The summed E-state index contributed by atoms with van der Waals surface area (Å²) in [6.45, 7) is 7.96. The monoisotopic (exact) mass is 315 g/mol.